The second kappa shape index (κ2) is 7.30. The zero-order valence-corrected chi connectivity index (χ0v) is 14.6. The lowest BCUT2D eigenvalue weighted by Gasteiger charge is -2.04. The first kappa shape index (κ1) is 17.5. The molecule has 1 N–H and O–H groups in total. The van der Waals surface area contributed by atoms with Crippen molar-refractivity contribution in [1.29, 1.82) is 5.26 Å². The highest BCUT2D eigenvalue weighted by atomic mass is 32.1. The number of carbonyl (C=O) groups excluding carboxylic acids is 2. The maximum absolute atomic E-state index is 12.1. The van der Waals surface area contributed by atoms with E-state index in [0.717, 1.165) is 11.3 Å². The molecule has 10 heteroatoms. The van der Waals surface area contributed by atoms with E-state index >= 15 is 0 Å². The van der Waals surface area contributed by atoms with Crippen LogP contribution in [0, 0.1) is 21.4 Å². The fourth-order valence-corrected chi connectivity index (χ4v) is 3.79. The van der Waals surface area contributed by atoms with Crippen molar-refractivity contribution in [2.24, 2.45) is 0 Å². The molecule has 1 amide bonds. The molecular formula is C16H9N3O5S2. The molecule has 0 spiro atoms. The van der Waals surface area contributed by atoms with Crippen LogP contribution in [0.5, 0.6) is 0 Å². The van der Waals surface area contributed by atoms with E-state index in [1.54, 1.807) is 17.5 Å². The normalized spacial score (nSPS) is 10.3. The molecule has 0 bridgehead atoms. The van der Waals surface area contributed by atoms with Gasteiger partial charge >= 0.3 is 5.97 Å². The molecule has 130 valence electrons. The number of thiophene rings is 2. The van der Waals surface area contributed by atoms with Gasteiger partial charge in [0.2, 0.25) is 0 Å². The number of amides is 1. The molecule has 3 aromatic rings. The van der Waals surface area contributed by atoms with Gasteiger partial charge in [0.15, 0.2) is 6.61 Å². The van der Waals surface area contributed by atoms with Gasteiger partial charge in [-0.25, -0.2) is 4.79 Å². The number of ether oxygens (including phenoxy) is 1. The first-order valence-corrected chi connectivity index (χ1v) is 8.80. The van der Waals surface area contributed by atoms with Crippen LogP contribution < -0.4 is 5.32 Å². The Morgan fingerprint density at radius 1 is 1.31 bits per heavy atom. The molecular weight excluding hydrogens is 378 g/mol. The summed E-state index contributed by atoms with van der Waals surface area (Å²) in [6.07, 6.45) is 0. The van der Waals surface area contributed by atoms with E-state index in [1.165, 1.54) is 29.5 Å². The number of rotatable bonds is 5. The van der Waals surface area contributed by atoms with E-state index in [1.807, 2.05) is 6.07 Å². The van der Waals surface area contributed by atoms with Crippen LogP contribution in [0.25, 0.3) is 10.1 Å². The van der Waals surface area contributed by atoms with Gasteiger partial charge in [0.1, 0.15) is 15.9 Å². The number of nitro groups is 1. The summed E-state index contributed by atoms with van der Waals surface area (Å²) in [6, 6.07) is 9.28. The van der Waals surface area contributed by atoms with Crippen LogP contribution in [-0.2, 0) is 9.53 Å². The third-order valence-corrected chi connectivity index (χ3v) is 5.21. The molecule has 8 nitrogen and oxygen atoms in total. The number of anilines is 1. The van der Waals surface area contributed by atoms with Crippen LogP contribution in [0.4, 0.5) is 10.7 Å². The molecule has 0 fully saturated rings. The van der Waals surface area contributed by atoms with E-state index in [4.69, 9.17) is 10.00 Å². The average Bonchev–Trinajstić information content (AvgIpc) is 3.24. The Kier molecular flexibility index (Phi) is 4.92. The van der Waals surface area contributed by atoms with Crippen LogP contribution in [0.15, 0.2) is 35.7 Å². The minimum atomic E-state index is -0.698. The van der Waals surface area contributed by atoms with Crippen molar-refractivity contribution in [2.45, 2.75) is 0 Å². The molecule has 0 atom stereocenters. The molecule has 1 aromatic carbocycles. The fourth-order valence-electron chi connectivity index (χ4n) is 2.10. The topological polar surface area (TPSA) is 122 Å². The number of hydrogen-bond acceptors (Lipinski definition) is 8. The SMILES string of the molecule is N#Cc1ccsc1NC(=O)COC(=O)c1cc2cc([N+](=O)[O-])ccc2s1. The summed E-state index contributed by atoms with van der Waals surface area (Å²) in [5.41, 5.74) is 0.264. The van der Waals surface area contributed by atoms with Crippen LogP contribution in [0.2, 0.25) is 0 Å². The largest absolute Gasteiger partial charge is 0.451 e. The van der Waals surface area contributed by atoms with Crippen LogP contribution in [0.1, 0.15) is 15.2 Å². The van der Waals surface area contributed by atoms with Gasteiger partial charge in [-0.1, -0.05) is 0 Å². The standard InChI is InChI=1S/C16H9N3O5S2/c17-7-9-3-4-25-15(9)18-14(20)8-24-16(21)13-6-10-5-11(19(22)23)1-2-12(10)26-13/h1-6H,8H2,(H,18,20). The van der Waals surface area contributed by atoms with Gasteiger partial charge in [-0.2, -0.15) is 5.26 Å². The van der Waals surface area contributed by atoms with Crippen molar-refractivity contribution in [2.75, 3.05) is 11.9 Å². The lowest BCUT2D eigenvalue weighted by molar-refractivity contribution is -0.384. The summed E-state index contributed by atoms with van der Waals surface area (Å²) in [5.74, 6) is -1.26. The van der Waals surface area contributed by atoms with Crippen LogP contribution in [0.3, 0.4) is 0 Å². The average molecular weight is 387 g/mol. The molecule has 2 heterocycles. The van der Waals surface area contributed by atoms with Gasteiger partial charge in [0, 0.05) is 22.2 Å². The molecule has 26 heavy (non-hydrogen) atoms. The third kappa shape index (κ3) is 3.69. The highest BCUT2D eigenvalue weighted by molar-refractivity contribution is 7.20. The zero-order valence-electron chi connectivity index (χ0n) is 12.9. The molecule has 0 aliphatic carbocycles. The van der Waals surface area contributed by atoms with Crippen molar-refractivity contribution in [3.63, 3.8) is 0 Å². The number of non-ortho nitro benzene ring substituents is 1. The first-order valence-electron chi connectivity index (χ1n) is 7.10. The lowest BCUT2D eigenvalue weighted by Crippen LogP contribution is -2.20. The Balaban J connectivity index is 1.64. The number of fused-ring (bicyclic) bond motifs is 1. The number of carbonyl (C=O) groups is 2. The molecule has 0 saturated heterocycles. The van der Waals surface area contributed by atoms with Gasteiger partial charge in [0.05, 0.1) is 10.5 Å². The zero-order chi connectivity index (χ0) is 18.7. The number of hydrogen-bond donors (Lipinski definition) is 1. The van der Waals surface area contributed by atoms with Crippen molar-refractivity contribution < 1.29 is 19.2 Å². The highest BCUT2D eigenvalue weighted by Crippen LogP contribution is 2.29. The number of nitro benzene ring substituents is 1. The quantitative estimate of drug-likeness (QED) is 0.406. The number of benzene rings is 1. The smallest absolute Gasteiger partial charge is 0.348 e. The second-order valence-corrected chi connectivity index (χ2v) is 6.99. The maximum Gasteiger partial charge on any atom is 0.348 e. The monoisotopic (exact) mass is 387 g/mol. The molecule has 2 aromatic heterocycles. The predicted octanol–water partition coefficient (Wildman–Crippen LogP) is 3.54. The Labute approximate surface area is 154 Å². The molecule has 0 radical (unpaired) electrons. The molecule has 0 saturated carbocycles. The Bertz CT molecular complexity index is 1060. The number of nitrogens with one attached hydrogen (secondary N) is 1. The summed E-state index contributed by atoms with van der Waals surface area (Å²) >= 11 is 2.31. The Morgan fingerprint density at radius 2 is 2.12 bits per heavy atom. The van der Waals surface area contributed by atoms with E-state index < -0.39 is 23.4 Å². The molecule has 0 unspecified atom stereocenters. The number of esters is 1. The van der Waals surface area contributed by atoms with Crippen LogP contribution >= 0.6 is 22.7 Å². The van der Waals surface area contributed by atoms with E-state index in [0.29, 0.717) is 20.7 Å². The van der Waals surface area contributed by atoms with Gasteiger partial charge < -0.3 is 10.1 Å². The Hall–Kier alpha value is -3.29. The first-order chi connectivity index (χ1) is 12.5. The molecule has 3 rings (SSSR count). The summed E-state index contributed by atoms with van der Waals surface area (Å²) in [7, 11) is 0. The predicted molar refractivity (Wildman–Crippen MR) is 96.4 cm³/mol. The van der Waals surface area contributed by atoms with Gasteiger partial charge in [-0.3, -0.25) is 14.9 Å². The van der Waals surface area contributed by atoms with Crippen molar-refractivity contribution in [3.8, 4) is 6.07 Å². The minimum absolute atomic E-state index is 0.0705. The van der Waals surface area contributed by atoms with Crippen molar-refractivity contribution >= 4 is 55.3 Å². The third-order valence-electron chi connectivity index (χ3n) is 3.28. The maximum atomic E-state index is 12.1. The Morgan fingerprint density at radius 3 is 2.85 bits per heavy atom. The van der Waals surface area contributed by atoms with Crippen molar-refractivity contribution in [1.82, 2.24) is 0 Å². The van der Waals surface area contributed by atoms with Crippen molar-refractivity contribution in [3.05, 3.63) is 56.3 Å². The summed E-state index contributed by atoms with van der Waals surface area (Å²) in [4.78, 5) is 34.4. The van der Waals surface area contributed by atoms with E-state index in [2.05, 4.69) is 5.32 Å². The van der Waals surface area contributed by atoms with Gasteiger partial charge in [-0.15, -0.1) is 22.7 Å². The van der Waals surface area contributed by atoms with E-state index in [9.17, 15) is 19.7 Å². The van der Waals surface area contributed by atoms with Crippen LogP contribution in [-0.4, -0.2) is 23.4 Å². The number of nitrogens with zero attached hydrogens (tertiary/aromatic N) is 2. The summed E-state index contributed by atoms with van der Waals surface area (Å²) in [5, 5.41) is 24.8. The second-order valence-electron chi connectivity index (χ2n) is 4.99. The highest BCUT2D eigenvalue weighted by Gasteiger charge is 2.16. The summed E-state index contributed by atoms with van der Waals surface area (Å²) < 4.78 is 5.67. The number of nitriles is 1. The summed E-state index contributed by atoms with van der Waals surface area (Å²) in [6.45, 7) is -0.504. The van der Waals surface area contributed by atoms with Gasteiger partial charge in [0.25, 0.3) is 11.6 Å². The fraction of sp³-hybridized carbons (Fsp3) is 0.0625. The van der Waals surface area contributed by atoms with E-state index in [-0.39, 0.29) is 10.6 Å². The molecule has 0 aliphatic heterocycles. The lowest BCUT2D eigenvalue weighted by atomic mass is 10.2. The molecule has 0 aliphatic rings. The van der Waals surface area contributed by atoms with Gasteiger partial charge in [-0.05, 0) is 23.6 Å². The minimum Gasteiger partial charge on any atom is -0.451 e.